The van der Waals surface area contributed by atoms with Crippen LogP contribution in [0.1, 0.15) is 41.6 Å². The van der Waals surface area contributed by atoms with Crippen molar-refractivity contribution < 1.29 is 14.8 Å². The minimum Gasteiger partial charge on any atom is -0.423 e. The molecule has 0 radical (unpaired) electrons. The number of ketones is 1. The molecule has 0 amide bonds. The molecule has 4 heteroatoms. The lowest BCUT2D eigenvalue weighted by Gasteiger charge is -2.06. The van der Waals surface area contributed by atoms with Gasteiger partial charge in [0, 0.05) is 5.56 Å². The maximum absolute atomic E-state index is 11.3. The summed E-state index contributed by atoms with van der Waals surface area (Å²) in [7, 11) is -1.50. The van der Waals surface area contributed by atoms with E-state index in [0.29, 0.717) is 16.9 Å². The fourth-order valence-corrected chi connectivity index (χ4v) is 1.68. The molecule has 2 N–H and O–H groups in total. The number of carbonyl (C=O) groups excluding carboxylic acids is 1. The van der Waals surface area contributed by atoms with Gasteiger partial charge in [-0.25, -0.2) is 0 Å². The summed E-state index contributed by atoms with van der Waals surface area (Å²) in [5, 5.41) is 18.2. The van der Waals surface area contributed by atoms with Crippen LogP contribution in [-0.4, -0.2) is 22.9 Å². The zero-order valence-electron chi connectivity index (χ0n) is 8.60. The van der Waals surface area contributed by atoms with E-state index < -0.39 is 7.12 Å². The highest BCUT2D eigenvalue weighted by molar-refractivity contribution is 6.58. The van der Waals surface area contributed by atoms with Crippen molar-refractivity contribution >= 4 is 18.4 Å². The zero-order chi connectivity index (χ0) is 11.0. The SMILES string of the molecule is CC(=O)c1cc(B(O)O)cc(C2CC2)c1. The van der Waals surface area contributed by atoms with Crippen LogP contribution in [0.5, 0.6) is 0 Å². The smallest absolute Gasteiger partial charge is 0.423 e. The summed E-state index contributed by atoms with van der Waals surface area (Å²) in [5.41, 5.74) is 2.01. The van der Waals surface area contributed by atoms with Crippen LogP contribution in [0.25, 0.3) is 0 Å². The van der Waals surface area contributed by atoms with Crippen LogP contribution in [0.4, 0.5) is 0 Å². The monoisotopic (exact) mass is 204 g/mol. The fourth-order valence-electron chi connectivity index (χ4n) is 1.68. The van der Waals surface area contributed by atoms with Crippen LogP contribution in [0.2, 0.25) is 0 Å². The molecule has 0 heterocycles. The highest BCUT2D eigenvalue weighted by Crippen LogP contribution is 2.39. The summed E-state index contributed by atoms with van der Waals surface area (Å²) in [5.74, 6) is 0.459. The summed E-state index contributed by atoms with van der Waals surface area (Å²) < 4.78 is 0. The molecule has 1 aliphatic carbocycles. The molecule has 0 unspecified atom stereocenters. The third-order valence-electron chi connectivity index (χ3n) is 2.73. The van der Waals surface area contributed by atoms with E-state index >= 15 is 0 Å². The molecule has 0 bridgehead atoms. The number of benzene rings is 1. The van der Waals surface area contributed by atoms with Gasteiger partial charge in [0.15, 0.2) is 5.78 Å². The topological polar surface area (TPSA) is 57.5 Å². The van der Waals surface area contributed by atoms with Crippen molar-refractivity contribution in [2.45, 2.75) is 25.7 Å². The van der Waals surface area contributed by atoms with Gasteiger partial charge in [-0.2, -0.15) is 0 Å². The average Bonchev–Trinajstić information content (AvgIpc) is 3.00. The normalized spacial score (nSPS) is 15.1. The first-order valence-electron chi connectivity index (χ1n) is 5.10. The Hall–Kier alpha value is -1.13. The molecule has 1 aliphatic rings. The van der Waals surface area contributed by atoms with Gasteiger partial charge in [-0.3, -0.25) is 4.79 Å². The third kappa shape index (κ3) is 2.27. The van der Waals surface area contributed by atoms with E-state index in [1.807, 2.05) is 6.07 Å². The molecule has 78 valence electrons. The zero-order valence-corrected chi connectivity index (χ0v) is 8.60. The van der Waals surface area contributed by atoms with E-state index in [4.69, 9.17) is 10.0 Å². The van der Waals surface area contributed by atoms with Crippen molar-refractivity contribution in [3.8, 4) is 0 Å². The van der Waals surface area contributed by atoms with E-state index in [1.54, 1.807) is 12.1 Å². The van der Waals surface area contributed by atoms with Crippen LogP contribution in [0, 0.1) is 0 Å². The molecule has 1 aromatic carbocycles. The molecular formula is C11H13BO3. The lowest BCUT2D eigenvalue weighted by molar-refractivity contribution is 0.101. The van der Waals surface area contributed by atoms with Crippen LogP contribution in [-0.2, 0) is 0 Å². The Kier molecular flexibility index (Phi) is 2.63. The second kappa shape index (κ2) is 3.79. The predicted molar refractivity (Wildman–Crippen MR) is 58.2 cm³/mol. The molecular weight excluding hydrogens is 191 g/mol. The lowest BCUT2D eigenvalue weighted by Crippen LogP contribution is -2.30. The number of rotatable bonds is 3. The first-order chi connectivity index (χ1) is 7.08. The van der Waals surface area contributed by atoms with Gasteiger partial charge in [0.1, 0.15) is 0 Å². The molecule has 0 atom stereocenters. The van der Waals surface area contributed by atoms with Crippen molar-refractivity contribution in [2.75, 3.05) is 0 Å². The molecule has 0 aromatic heterocycles. The third-order valence-corrected chi connectivity index (χ3v) is 2.73. The van der Waals surface area contributed by atoms with Gasteiger partial charge >= 0.3 is 7.12 Å². The van der Waals surface area contributed by atoms with Gasteiger partial charge in [0.05, 0.1) is 0 Å². The van der Waals surface area contributed by atoms with E-state index in [1.165, 1.54) is 6.92 Å². The van der Waals surface area contributed by atoms with Gasteiger partial charge in [0.2, 0.25) is 0 Å². The molecule has 0 saturated heterocycles. The molecule has 1 fully saturated rings. The summed E-state index contributed by atoms with van der Waals surface area (Å²) >= 11 is 0. The Balaban J connectivity index is 2.43. The second-order valence-electron chi connectivity index (χ2n) is 4.09. The number of Topliss-reactive ketones (excluding diaryl/α,β-unsaturated/α-hetero) is 1. The maximum Gasteiger partial charge on any atom is 0.488 e. The van der Waals surface area contributed by atoms with Crippen LogP contribution >= 0.6 is 0 Å². The van der Waals surface area contributed by atoms with Crippen molar-refractivity contribution in [1.82, 2.24) is 0 Å². The van der Waals surface area contributed by atoms with Crippen molar-refractivity contribution in [3.05, 3.63) is 29.3 Å². The molecule has 0 spiro atoms. The Morgan fingerprint density at radius 2 is 2.00 bits per heavy atom. The van der Waals surface area contributed by atoms with E-state index in [2.05, 4.69) is 0 Å². The van der Waals surface area contributed by atoms with Gasteiger partial charge in [-0.15, -0.1) is 0 Å². The second-order valence-corrected chi connectivity index (χ2v) is 4.09. The van der Waals surface area contributed by atoms with E-state index in [-0.39, 0.29) is 5.78 Å². The minimum atomic E-state index is -1.50. The minimum absolute atomic E-state index is 0.0422. The summed E-state index contributed by atoms with van der Waals surface area (Å²) in [6, 6.07) is 5.17. The van der Waals surface area contributed by atoms with E-state index in [9.17, 15) is 4.79 Å². The Labute approximate surface area is 88.9 Å². The summed E-state index contributed by atoms with van der Waals surface area (Å²) in [6.07, 6.45) is 2.25. The fraction of sp³-hybridized carbons (Fsp3) is 0.364. The van der Waals surface area contributed by atoms with Crippen molar-refractivity contribution in [2.24, 2.45) is 0 Å². The van der Waals surface area contributed by atoms with Crippen LogP contribution < -0.4 is 5.46 Å². The molecule has 0 aliphatic heterocycles. The van der Waals surface area contributed by atoms with Crippen molar-refractivity contribution in [3.63, 3.8) is 0 Å². The molecule has 15 heavy (non-hydrogen) atoms. The van der Waals surface area contributed by atoms with Gasteiger partial charge in [0.25, 0.3) is 0 Å². The quantitative estimate of drug-likeness (QED) is 0.555. The largest absolute Gasteiger partial charge is 0.488 e. The Morgan fingerprint density at radius 1 is 1.33 bits per heavy atom. The van der Waals surface area contributed by atoms with Gasteiger partial charge in [-0.05, 0) is 42.8 Å². The van der Waals surface area contributed by atoms with Gasteiger partial charge < -0.3 is 10.0 Å². The average molecular weight is 204 g/mol. The summed E-state index contributed by atoms with van der Waals surface area (Å²) in [6.45, 7) is 1.49. The molecule has 2 rings (SSSR count). The molecule has 3 nitrogen and oxygen atoms in total. The highest BCUT2D eigenvalue weighted by atomic mass is 16.4. The first-order valence-corrected chi connectivity index (χ1v) is 5.10. The number of carbonyl (C=O) groups is 1. The Bertz CT molecular complexity index is 377. The number of hydrogen-bond acceptors (Lipinski definition) is 3. The highest BCUT2D eigenvalue weighted by Gasteiger charge is 2.26. The first kappa shape index (κ1) is 10.4. The lowest BCUT2D eigenvalue weighted by atomic mass is 9.78. The molecule has 1 aromatic rings. The van der Waals surface area contributed by atoms with Crippen molar-refractivity contribution in [1.29, 1.82) is 0 Å². The number of hydrogen-bond donors (Lipinski definition) is 2. The summed E-state index contributed by atoms with van der Waals surface area (Å²) in [4.78, 5) is 11.3. The predicted octanol–water partition coefficient (Wildman–Crippen LogP) is 0.446. The van der Waals surface area contributed by atoms with E-state index in [0.717, 1.165) is 18.4 Å². The van der Waals surface area contributed by atoms with Crippen LogP contribution in [0.3, 0.4) is 0 Å². The standard InChI is InChI=1S/C11H13BO3/c1-7(13)9-4-10(8-2-3-8)6-11(5-9)12(14)15/h4-6,8,14-15H,2-3H2,1H3. The molecule has 1 saturated carbocycles. The van der Waals surface area contributed by atoms with Crippen LogP contribution in [0.15, 0.2) is 18.2 Å². The van der Waals surface area contributed by atoms with Gasteiger partial charge in [-0.1, -0.05) is 12.1 Å². The Morgan fingerprint density at radius 3 is 2.47 bits per heavy atom. The maximum atomic E-state index is 11.3.